The molecule has 0 unspecified atom stereocenters. The van der Waals surface area contributed by atoms with Crippen molar-refractivity contribution in [1.82, 2.24) is 0 Å². The number of hydrogen-bond donors (Lipinski definition) is 1. The van der Waals surface area contributed by atoms with Crippen molar-refractivity contribution in [3.8, 4) is 0 Å². The van der Waals surface area contributed by atoms with Gasteiger partial charge in [-0.3, -0.25) is 0 Å². The fourth-order valence-electron chi connectivity index (χ4n) is 4.59. The Morgan fingerprint density at radius 1 is 0.969 bits per heavy atom. The van der Waals surface area contributed by atoms with Gasteiger partial charge in [0.2, 0.25) is 0 Å². The van der Waals surface area contributed by atoms with E-state index in [-0.39, 0.29) is 11.6 Å². The first-order chi connectivity index (χ1) is 15.0. The molecule has 0 amide bonds. The highest BCUT2D eigenvalue weighted by molar-refractivity contribution is 6.99. The zero-order valence-corrected chi connectivity index (χ0v) is 20.9. The lowest BCUT2D eigenvalue weighted by Crippen LogP contribution is -2.68. The molecule has 0 spiro atoms. The van der Waals surface area contributed by atoms with Crippen LogP contribution in [-0.2, 0) is 13.9 Å². The third-order valence-electron chi connectivity index (χ3n) is 6.14. The second kappa shape index (κ2) is 9.08. The van der Waals surface area contributed by atoms with E-state index in [4.69, 9.17) is 13.9 Å². The molecular weight excluding hydrogens is 416 g/mol. The summed E-state index contributed by atoms with van der Waals surface area (Å²) in [4.78, 5) is 0. The molecule has 4 nitrogen and oxygen atoms in total. The SMILES string of the molecule is C=C[C@@H]1OC(C)(C)O[C@@H]1[C@](O)(C=C)CO[Si](c1ccccc1)(c1ccccc1)C(C)(C)C. The molecule has 0 aliphatic carbocycles. The predicted octanol–water partition coefficient (Wildman–Crippen LogP) is 4.19. The van der Waals surface area contributed by atoms with Gasteiger partial charge in [0.1, 0.15) is 17.8 Å². The maximum Gasteiger partial charge on any atom is 0.261 e. The molecule has 1 aliphatic heterocycles. The third kappa shape index (κ3) is 4.54. The van der Waals surface area contributed by atoms with Crippen LogP contribution in [-0.4, -0.2) is 43.6 Å². The van der Waals surface area contributed by atoms with Crippen molar-refractivity contribution in [2.45, 2.75) is 63.3 Å². The smallest absolute Gasteiger partial charge is 0.261 e. The minimum absolute atomic E-state index is 0.0260. The van der Waals surface area contributed by atoms with Gasteiger partial charge in [0, 0.05) is 0 Å². The lowest BCUT2D eigenvalue weighted by atomic mass is 9.93. The lowest BCUT2D eigenvalue weighted by Gasteiger charge is -2.45. The second-order valence-corrected chi connectivity index (χ2v) is 14.2. The summed E-state index contributed by atoms with van der Waals surface area (Å²) in [5.41, 5.74) is -1.46. The van der Waals surface area contributed by atoms with Crippen molar-refractivity contribution >= 4 is 18.7 Å². The van der Waals surface area contributed by atoms with Crippen molar-refractivity contribution in [1.29, 1.82) is 0 Å². The van der Waals surface area contributed by atoms with Crippen LogP contribution in [0.1, 0.15) is 34.6 Å². The number of aliphatic hydroxyl groups is 1. The number of benzene rings is 2. The largest absolute Gasteiger partial charge is 0.404 e. The van der Waals surface area contributed by atoms with Gasteiger partial charge in [-0.2, -0.15) is 0 Å². The molecule has 3 rings (SSSR count). The van der Waals surface area contributed by atoms with Crippen molar-refractivity contribution in [2.24, 2.45) is 0 Å². The van der Waals surface area contributed by atoms with E-state index < -0.39 is 31.9 Å². The normalized spacial score (nSPS) is 22.8. The first-order valence-corrected chi connectivity index (χ1v) is 13.0. The fourth-order valence-corrected chi connectivity index (χ4v) is 9.19. The van der Waals surface area contributed by atoms with Gasteiger partial charge in [-0.15, -0.1) is 13.2 Å². The molecule has 2 aromatic rings. The van der Waals surface area contributed by atoms with E-state index in [2.05, 4.69) is 58.2 Å². The number of rotatable bonds is 8. The molecule has 1 aliphatic rings. The summed E-state index contributed by atoms with van der Waals surface area (Å²) in [6.07, 6.45) is 2.02. The zero-order chi connectivity index (χ0) is 23.6. The van der Waals surface area contributed by atoms with Crippen LogP contribution in [0.3, 0.4) is 0 Å². The Bertz CT molecular complexity index is 880. The van der Waals surface area contributed by atoms with Crippen molar-refractivity contribution in [3.63, 3.8) is 0 Å². The van der Waals surface area contributed by atoms with Gasteiger partial charge in [-0.1, -0.05) is 93.6 Å². The van der Waals surface area contributed by atoms with E-state index in [1.807, 2.05) is 50.2 Å². The number of hydrogen-bond acceptors (Lipinski definition) is 4. The molecule has 0 bridgehead atoms. The Morgan fingerprint density at radius 2 is 1.47 bits per heavy atom. The quantitative estimate of drug-likeness (QED) is 0.482. The molecule has 1 fully saturated rings. The molecular formula is C27H36O4Si. The molecule has 5 heteroatoms. The van der Waals surface area contributed by atoms with Crippen LogP contribution >= 0.6 is 0 Å². The van der Waals surface area contributed by atoms with Crippen LogP contribution in [0.25, 0.3) is 0 Å². The first kappa shape index (κ1) is 24.6. The lowest BCUT2D eigenvalue weighted by molar-refractivity contribution is -0.166. The Morgan fingerprint density at radius 3 is 1.88 bits per heavy atom. The molecule has 3 atom stereocenters. The fraction of sp³-hybridized carbons (Fsp3) is 0.407. The van der Waals surface area contributed by atoms with Crippen molar-refractivity contribution in [2.75, 3.05) is 6.61 Å². The average molecular weight is 453 g/mol. The van der Waals surface area contributed by atoms with E-state index in [9.17, 15) is 5.11 Å². The van der Waals surface area contributed by atoms with Gasteiger partial charge in [-0.25, -0.2) is 0 Å². The Balaban J connectivity index is 2.07. The summed E-state index contributed by atoms with van der Waals surface area (Å²) in [5.74, 6) is -0.835. The maximum atomic E-state index is 11.7. The molecule has 0 radical (unpaired) electrons. The third-order valence-corrected chi connectivity index (χ3v) is 11.1. The van der Waals surface area contributed by atoms with Crippen molar-refractivity contribution in [3.05, 3.63) is 86.0 Å². The molecule has 172 valence electrons. The van der Waals surface area contributed by atoms with E-state index >= 15 is 0 Å². The van der Waals surface area contributed by atoms with Gasteiger partial charge in [0.15, 0.2) is 5.79 Å². The zero-order valence-electron chi connectivity index (χ0n) is 19.9. The summed E-state index contributed by atoms with van der Waals surface area (Å²) in [6, 6.07) is 20.7. The van der Waals surface area contributed by atoms with Crippen LogP contribution < -0.4 is 10.4 Å². The van der Waals surface area contributed by atoms with Crippen LogP contribution in [0, 0.1) is 0 Å². The first-order valence-electron chi connectivity index (χ1n) is 11.1. The maximum absolute atomic E-state index is 11.7. The predicted molar refractivity (Wildman–Crippen MR) is 133 cm³/mol. The van der Waals surface area contributed by atoms with E-state index in [1.54, 1.807) is 6.08 Å². The average Bonchev–Trinajstić information content (AvgIpc) is 3.10. The van der Waals surface area contributed by atoms with Crippen LogP contribution in [0.15, 0.2) is 86.0 Å². The van der Waals surface area contributed by atoms with Crippen molar-refractivity contribution < 1.29 is 19.0 Å². The van der Waals surface area contributed by atoms with Crippen LogP contribution in [0.4, 0.5) is 0 Å². The minimum atomic E-state index is -2.82. The van der Waals surface area contributed by atoms with Crippen LogP contribution in [0.2, 0.25) is 5.04 Å². The topological polar surface area (TPSA) is 47.9 Å². The van der Waals surface area contributed by atoms with Gasteiger partial charge in [0.05, 0.1) is 6.61 Å². The molecule has 0 aromatic heterocycles. The van der Waals surface area contributed by atoms with Gasteiger partial charge < -0.3 is 19.0 Å². The van der Waals surface area contributed by atoms with E-state index in [0.29, 0.717) is 0 Å². The Hall–Kier alpha value is -2.02. The standard InChI is InChI=1S/C27H36O4Si/c1-8-23-24(31-26(6,7)30-23)27(28,9-2)20-29-32(25(3,4)5,21-16-12-10-13-17-21)22-18-14-11-15-19-22/h8-19,23-24,28H,1-2,20H2,3-7H3/t23-,24-,27-/m0/s1. The summed E-state index contributed by atoms with van der Waals surface area (Å²) in [6.45, 7) is 18.1. The van der Waals surface area contributed by atoms with E-state index in [1.165, 1.54) is 6.08 Å². The molecule has 32 heavy (non-hydrogen) atoms. The summed E-state index contributed by atoms with van der Waals surface area (Å²) in [5, 5.41) is 13.8. The summed E-state index contributed by atoms with van der Waals surface area (Å²) >= 11 is 0. The monoisotopic (exact) mass is 452 g/mol. The molecule has 0 saturated carbocycles. The second-order valence-electron chi connectivity index (χ2n) is 9.90. The molecule has 1 N–H and O–H groups in total. The van der Waals surface area contributed by atoms with Gasteiger partial charge >= 0.3 is 0 Å². The molecule has 2 aromatic carbocycles. The summed E-state index contributed by atoms with van der Waals surface area (Å²) < 4.78 is 19.0. The van der Waals surface area contributed by atoms with Crippen LogP contribution in [0.5, 0.6) is 0 Å². The van der Waals surface area contributed by atoms with Gasteiger partial charge in [0.25, 0.3) is 8.32 Å². The summed E-state index contributed by atoms with van der Waals surface area (Å²) in [7, 11) is -2.82. The Labute approximate surface area is 193 Å². The Kier molecular flexibility index (Phi) is 6.99. The highest BCUT2D eigenvalue weighted by atomic mass is 28.4. The highest BCUT2D eigenvalue weighted by Gasteiger charge is 2.54. The molecule has 1 saturated heterocycles. The molecule has 1 heterocycles. The van der Waals surface area contributed by atoms with Gasteiger partial charge in [-0.05, 0) is 29.3 Å². The minimum Gasteiger partial charge on any atom is -0.404 e. The highest BCUT2D eigenvalue weighted by Crippen LogP contribution is 2.40. The van der Waals surface area contributed by atoms with E-state index in [0.717, 1.165) is 10.4 Å². The number of ether oxygens (including phenoxy) is 2.